The van der Waals surface area contributed by atoms with E-state index in [0.29, 0.717) is 12.3 Å². The van der Waals surface area contributed by atoms with E-state index in [1.54, 1.807) is 0 Å². The van der Waals surface area contributed by atoms with Gasteiger partial charge >= 0.3 is 5.97 Å². The molecule has 4 N–H and O–H groups in total. The van der Waals surface area contributed by atoms with Crippen LogP contribution in [0.15, 0.2) is 24.3 Å². The molecule has 17 heavy (non-hydrogen) atoms. The molecule has 1 heterocycles. The molecule has 0 saturated carbocycles. The summed E-state index contributed by atoms with van der Waals surface area (Å²) < 4.78 is 4.97. The van der Waals surface area contributed by atoms with E-state index in [4.69, 9.17) is 16.0 Å². The molecular formula is C12H15N3O2. The van der Waals surface area contributed by atoms with Crippen LogP contribution in [0.4, 0.5) is 5.69 Å². The first kappa shape index (κ1) is 11.6. The molecule has 0 aromatic heterocycles. The van der Waals surface area contributed by atoms with E-state index >= 15 is 0 Å². The second-order valence-electron chi connectivity index (χ2n) is 4.13. The van der Waals surface area contributed by atoms with E-state index in [2.05, 4.69) is 5.43 Å². The van der Waals surface area contributed by atoms with Crippen molar-refractivity contribution in [2.75, 3.05) is 12.0 Å². The molecule has 1 aliphatic heterocycles. The Morgan fingerprint density at radius 1 is 1.41 bits per heavy atom. The monoisotopic (exact) mass is 233 g/mol. The fourth-order valence-electron chi connectivity index (χ4n) is 1.85. The van der Waals surface area contributed by atoms with Gasteiger partial charge in [-0.3, -0.25) is 10.6 Å². The lowest BCUT2D eigenvalue weighted by molar-refractivity contribution is -0.144. The van der Waals surface area contributed by atoms with Gasteiger partial charge in [0.05, 0.1) is 13.0 Å². The summed E-state index contributed by atoms with van der Waals surface area (Å²) in [5.41, 5.74) is 4.98. The van der Waals surface area contributed by atoms with Crippen molar-refractivity contribution in [2.24, 2.45) is 11.8 Å². The first-order valence-electron chi connectivity index (χ1n) is 5.47. The summed E-state index contributed by atoms with van der Waals surface area (Å²) >= 11 is 0. The Bertz CT molecular complexity index is 428. The van der Waals surface area contributed by atoms with Gasteiger partial charge in [-0.25, -0.2) is 0 Å². The van der Waals surface area contributed by atoms with Gasteiger partial charge in [0, 0.05) is 17.3 Å². The van der Waals surface area contributed by atoms with Gasteiger partial charge in [0.25, 0.3) is 0 Å². The number of cyclic esters (lactones) is 1. The Kier molecular flexibility index (Phi) is 3.39. The van der Waals surface area contributed by atoms with Gasteiger partial charge in [0.15, 0.2) is 0 Å². The lowest BCUT2D eigenvalue weighted by Crippen LogP contribution is -2.31. The van der Waals surface area contributed by atoms with E-state index in [-0.39, 0.29) is 18.3 Å². The second-order valence-corrected chi connectivity index (χ2v) is 4.13. The molecule has 1 aliphatic rings. The fourth-order valence-corrected chi connectivity index (χ4v) is 1.85. The molecule has 0 aliphatic carbocycles. The zero-order valence-electron chi connectivity index (χ0n) is 9.40. The average molecular weight is 233 g/mol. The number of nitrogens with one attached hydrogen (secondary N) is 2. The third-order valence-corrected chi connectivity index (χ3v) is 2.88. The van der Waals surface area contributed by atoms with Crippen molar-refractivity contribution >= 4 is 17.4 Å². The Hall–Kier alpha value is -1.88. The van der Waals surface area contributed by atoms with E-state index < -0.39 is 0 Å². The molecule has 5 nitrogen and oxygen atoms in total. The van der Waals surface area contributed by atoms with Crippen LogP contribution in [-0.4, -0.2) is 18.3 Å². The number of hydrogen-bond donors (Lipinski definition) is 3. The second kappa shape index (κ2) is 4.97. The third kappa shape index (κ3) is 2.82. The van der Waals surface area contributed by atoms with Crippen LogP contribution in [-0.2, 0) is 16.0 Å². The van der Waals surface area contributed by atoms with Crippen LogP contribution in [0.5, 0.6) is 0 Å². The van der Waals surface area contributed by atoms with Crippen molar-refractivity contribution in [3.8, 4) is 0 Å². The van der Waals surface area contributed by atoms with Crippen LogP contribution in [0.3, 0.4) is 0 Å². The zero-order chi connectivity index (χ0) is 12.3. The smallest absolute Gasteiger partial charge is 0.311 e. The van der Waals surface area contributed by atoms with E-state index in [9.17, 15) is 4.79 Å². The summed E-state index contributed by atoms with van der Waals surface area (Å²) in [6.07, 6.45) is 0.837. The third-order valence-electron chi connectivity index (χ3n) is 2.88. The molecule has 0 radical (unpaired) electrons. The number of carbonyl (C=O) groups excluding carboxylic acids is 1. The maximum atomic E-state index is 11.0. The number of esters is 1. The maximum absolute atomic E-state index is 11.0. The fraction of sp³-hybridized carbons (Fsp3) is 0.333. The molecule has 1 fully saturated rings. The number of nitrogen functional groups attached to an aromatic ring is 1. The number of hydrazine groups is 1. The van der Waals surface area contributed by atoms with Crippen LogP contribution in [0, 0.1) is 11.3 Å². The van der Waals surface area contributed by atoms with Gasteiger partial charge in [-0.1, -0.05) is 12.1 Å². The molecule has 1 atom stereocenters. The van der Waals surface area contributed by atoms with Crippen molar-refractivity contribution in [3.05, 3.63) is 29.8 Å². The minimum Gasteiger partial charge on any atom is -0.465 e. The highest BCUT2D eigenvalue weighted by molar-refractivity contribution is 6.00. The predicted molar refractivity (Wildman–Crippen MR) is 64.7 cm³/mol. The highest BCUT2D eigenvalue weighted by atomic mass is 16.5. The van der Waals surface area contributed by atoms with Gasteiger partial charge < -0.3 is 15.6 Å². The van der Waals surface area contributed by atoms with E-state index in [1.165, 1.54) is 0 Å². The van der Waals surface area contributed by atoms with Crippen LogP contribution in [0.2, 0.25) is 0 Å². The van der Waals surface area contributed by atoms with Crippen molar-refractivity contribution in [2.45, 2.75) is 12.8 Å². The van der Waals surface area contributed by atoms with Gasteiger partial charge in [-0.05, 0) is 24.1 Å². The molecule has 5 heteroatoms. The molecule has 90 valence electrons. The number of ether oxygens (including phenoxy) is 1. The summed E-state index contributed by atoms with van der Waals surface area (Å²) in [4.78, 5) is 11.0. The molecule has 0 amide bonds. The molecule has 1 aromatic rings. The van der Waals surface area contributed by atoms with E-state index in [1.807, 2.05) is 24.3 Å². The first-order valence-corrected chi connectivity index (χ1v) is 5.47. The van der Waals surface area contributed by atoms with Gasteiger partial charge in [-0.2, -0.15) is 0 Å². The number of nitrogens with two attached hydrogens (primary N) is 1. The lowest BCUT2D eigenvalue weighted by Gasteiger charge is -2.22. The normalized spacial score (nSPS) is 19.9. The molecule has 1 saturated heterocycles. The minimum absolute atomic E-state index is 0.00406. The van der Waals surface area contributed by atoms with Crippen LogP contribution in [0.1, 0.15) is 12.0 Å². The Morgan fingerprint density at radius 2 is 2.12 bits per heavy atom. The van der Waals surface area contributed by atoms with Gasteiger partial charge in [0.1, 0.15) is 0 Å². The molecule has 1 unspecified atom stereocenters. The summed E-state index contributed by atoms with van der Waals surface area (Å²) in [5, 5.41) is 7.77. The Balaban J connectivity index is 2.00. The summed E-state index contributed by atoms with van der Waals surface area (Å²) in [5.74, 6) is 4.99. The average Bonchev–Trinajstić information content (AvgIpc) is 2.34. The zero-order valence-corrected chi connectivity index (χ0v) is 9.40. The standard InChI is InChI=1S/C12H15N3O2/c13-11-6-12(16)17-7-9(11)5-8-1-3-10(15-14)4-2-8/h1-4,9,13,15H,5-7,14H2. The van der Waals surface area contributed by atoms with Gasteiger partial charge in [0.2, 0.25) is 0 Å². The van der Waals surface area contributed by atoms with Crippen LogP contribution < -0.4 is 11.3 Å². The summed E-state index contributed by atoms with van der Waals surface area (Å²) in [7, 11) is 0. The Labute approximate surface area is 99.4 Å². The molecule has 0 bridgehead atoms. The largest absolute Gasteiger partial charge is 0.465 e. The highest BCUT2D eigenvalue weighted by Crippen LogP contribution is 2.18. The topological polar surface area (TPSA) is 88.2 Å². The number of hydrogen-bond acceptors (Lipinski definition) is 5. The quantitative estimate of drug-likeness (QED) is 0.414. The first-order chi connectivity index (χ1) is 8.19. The molecule has 1 aromatic carbocycles. The van der Waals surface area contributed by atoms with Crippen LogP contribution >= 0.6 is 0 Å². The number of benzene rings is 1. The minimum atomic E-state index is -0.297. The maximum Gasteiger partial charge on any atom is 0.311 e. The predicted octanol–water partition coefficient (Wildman–Crippen LogP) is 1.10. The van der Waals surface area contributed by atoms with E-state index in [0.717, 1.165) is 17.7 Å². The lowest BCUT2D eigenvalue weighted by atomic mass is 9.92. The Morgan fingerprint density at radius 3 is 2.71 bits per heavy atom. The summed E-state index contributed by atoms with van der Waals surface area (Å²) in [6, 6.07) is 7.68. The number of anilines is 1. The van der Waals surface area contributed by atoms with Crippen molar-refractivity contribution < 1.29 is 9.53 Å². The number of carbonyl (C=O) groups is 1. The van der Waals surface area contributed by atoms with Crippen molar-refractivity contribution in [1.82, 2.24) is 0 Å². The summed E-state index contributed by atoms with van der Waals surface area (Å²) in [6.45, 7) is 0.314. The van der Waals surface area contributed by atoms with Gasteiger partial charge in [-0.15, -0.1) is 0 Å². The highest BCUT2D eigenvalue weighted by Gasteiger charge is 2.25. The molecule has 2 rings (SSSR count). The van der Waals surface area contributed by atoms with Crippen LogP contribution in [0.25, 0.3) is 0 Å². The molecule has 0 spiro atoms. The SMILES string of the molecule is N=C1CC(=O)OCC1Cc1ccc(NN)cc1. The van der Waals surface area contributed by atoms with Crippen molar-refractivity contribution in [1.29, 1.82) is 5.41 Å². The number of rotatable bonds is 3. The van der Waals surface area contributed by atoms with Crippen molar-refractivity contribution in [3.63, 3.8) is 0 Å². The molecular weight excluding hydrogens is 218 g/mol.